The van der Waals surface area contributed by atoms with Crippen molar-refractivity contribution in [1.29, 1.82) is 5.53 Å². The number of carbonyl (C=O) groups excluding carboxylic acids is 1. The van der Waals surface area contributed by atoms with Crippen LogP contribution in [-0.2, 0) is 56.9 Å². The van der Waals surface area contributed by atoms with Crippen molar-refractivity contribution in [2.45, 2.75) is 32.8 Å². The summed E-state index contributed by atoms with van der Waals surface area (Å²) in [5, 5.41) is 3.48. The van der Waals surface area contributed by atoms with Gasteiger partial charge in [0, 0.05) is 0 Å². The van der Waals surface area contributed by atoms with Crippen molar-refractivity contribution in [1.82, 2.24) is 4.91 Å². The van der Waals surface area contributed by atoms with E-state index in [1.54, 1.807) is 0 Å². The lowest BCUT2D eigenvalue weighted by Gasteiger charge is -2.19. The van der Waals surface area contributed by atoms with Crippen molar-refractivity contribution in [2.75, 3.05) is 139 Å². The van der Waals surface area contributed by atoms with E-state index in [4.69, 9.17) is 57.6 Å². The van der Waals surface area contributed by atoms with E-state index in [1.165, 1.54) is 0 Å². The molecule has 0 aromatic heterocycles. The van der Waals surface area contributed by atoms with Crippen LogP contribution in [0.25, 0.3) is 0 Å². The summed E-state index contributed by atoms with van der Waals surface area (Å²) in [6.45, 7) is 15.3. The number of carbonyl (C=O) groups is 1. The third kappa shape index (κ3) is 36.4. The third-order valence-corrected chi connectivity index (χ3v) is 4.62. The van der Waals surface area contributed by atoms with Gasteiger partial charge in [0.25, 0.3) is 0 Å². The van der Waals surface area contributed by atoms with Crippen molar-refractivity contribution < 1.29 is 56.9 Å². The molecule has 0 amide bonds. The van der Waals surface area contributed by atoms with Crippen LogP contribution in [0.1, 0.15) is 27.2 Å². The molecule has 248 valence electrons. The molecule has 0 atom stereocenters. The number of hydrogen-bond acceptors (Lipinski definition) is 14. The average Bonchev–Trinajstić information content (AvgIpc) is 2.94. The molecule has 0 aliphatic carbocycles. The van der Waals surface area contributed by atoms with Gasteiger partial charge in [0.1, 0.15) is 22.8 Å². The van der Waals surface area contributed by atoms with E-state index in [2.05, 4.69) is 10.0 Å². The minimum absolute atomic E-state index is 0.231. The zero-order valence-corrected chi connectivity index (χ0v) is 25.8. The predicted molar refractivity (Wildman–Crippen MR) is 151 cm³/mol. The fourth-order valence-corrected chi connectivity index (χ4v) is 2.78. The Morgan fingerprint density at radius 2 is 0.762 bits per heavy atom. The zero-order valence-electron chi connectivity index (χ0n) is 25.8. The first-order chi connectivity index (χ1) is 20.5. The predicted octanol–water partition coefficient (Wildman–Crippen LogP) is 1.43. The summed E-state index contributed by atoms with van der Waals surface area (Å²) in [6.07, 6.45) is 0.231. The van der Waals surface area contributed by atoms with Crippen LogP contribution in [0.15, 0.2) is 5.11 Å². The second-order valence-electron chi connectivity index (χ2n) is 9.43. The molecular weight excluding hydrogens is 558 g/mol. The smallest absolute Gasteiger partial charge is 0.308 e. The molecule has 0 spiro atoms. The third-order valence-electron chi connectivity index (χ3n) is 4.62. The van der Waals surface area contributed by atoms with Crippen LogP contribution in [0.2, 0.25) is 0 Å². The largest absolute Gasteiger partial charge is 0.460 e. The van der Waals surface area contributed by atoms with Gasteiger partial charge in [-0.25, -0.2) is 0 Å². The maximum absolute atomic E-state index is 11.5. The molecule has 0 fully saturated rings. The zero-order chi connectivity index (χ0) is 30.8. The van der Waals surface area contributed by atoms with Crippen LogP contribution in [0.3, 0.4) is 0 Å². The molecule has 0 aromatic rings. The first kappa shape index (κ1) is 40.4. The lowest BCUT2D eigenvalue weighted by atomic mass is 10.2. The van der Waals surface area contributed by atoms with Crippen LogP contribution < -0.4 is 4.91 Å². The minimum Gasteiger partial charge on any atom is -0.460 e. The topological polar surface area (TPSA) is 169 Å². The molecule has 0 aromatic carbocycles. The van der Waals surface area contributed by atoms with Crippen LogP contribution in [0.5, 0.6) is 0 Å². The molecule has 42 heavy (non-hydrogen) atoms. The van der Waals surface area contributed by atoms with Gasteiger partial charge in [-0.2, -0.15) is 0 Å². The highest BCUT2D eigenvalue weighted by Gasteiger charge is 2.15. The van der Waals surface area contributed by atoms with Gasteiger partial charge in [-0.15, -0.1) is 0 Å². The van der Waals surface area contributed by atoms with Crippen molar-refractivity contribution in [2.24, 2.45) is 5.11 Å². The average molecular weight is 613 g/mol. The van der Waals surface area contributed by atoms with E-state index >= 15 is 0 Å². The number of nitrogens with zero attached hydrogens (tertiary/aromatic N) is 2. The number of esters is 1. The second-order valence-corrected chi connectivity index (χ2v) is 9.43. The number of rotatable bonds is 33. The Balaban J connectivity index is 3.10. The maximum Gasteiger partial charge on any atom is 0.308 e. The summed E-state index contributed by atoms with van der Waals surface area (Å²) in [4.78, 5) is 14.4. The first-order valence-electron chi connectivity index (χ1n) is 14.5. The Morgan fingerprint density at radius 3 is 1.02 bits per heavy atom. The molecule has 0 bridgehead atoms. The molecule has 0 aliphatic rings. The molecule has 1 N–H and O–H groups in total. The quantitative estimate of drug-likeness (QED) is 0.0491. The van der Waals surface area contributed by atoms with Crippen LogP contribution >= 0.6 is 0 Å². The van der Waals surface area contributed by atoms with Gasteiger partial charge in [0.2, 0.25) is 4.91 Å². The Morgan fingerprint density at radius 1 is 0.500 bits per heavy atom. The van der Waals surface area contributed by atoms with Gasteiger partial charge >= 0.3 is 5.97 Å². The monoisotopic (exact) mass is 612 g/mol. The molecule has 15 nitrogen and oxygen atoms in total. The minimum atomic E-state index is -0.474. The first-order valence-corrected chi connectivity index (χ1v) is 14.5. The Kier molecular flexibility index (Phi) is 31.1. The van der Waals surface area contributed by atoms with E-state index in [0.717, 1.165) is 0 Å². The lowest BCUT2D eigenvalue weighted by molar-refractivity contribution is -0.156. The molecule has 0 radical (unpaired) electrons. The van der Waals surface area contributed by atoms with Gasteiger partial charge in [-0.3, -0.25) is 4.79 Å². The van der Waals surface area contributed by atoms with Gasteiger partial charge in [0.05, 0.1) is 139 Å². The normalized spacial score (nSPS) is 11.5. The molecule has 15 heteroatoms. The molecule has 0 aliphatic heterocycles. The van der Waals surface area contributed by atoms with Crippen molar-refractivity contribution in [3.05, 3.63) is 0 Å². The molecular formula is C27H54N3O12+. The van der Waals surface area contributed by atoms with E-state index in [0.29, 0.717) is 139 Å². The summed E-state index contributed by atoms with van der Waals surface area (Å²) in [7, 11) is 0. The molecule has 0 unspecified atom stereocenters. The van der Waals surface area contributed by atoms with E-state index in [9.17, 15) is 4.79 Å². The fourth-order valence-electron chi connectivity index (χ4n) is 2.78. The Labute approximate surface area is 250 Å². The summed E-state index contributed by atoms with van der Waals surface area (Å²) in [5.74, 6) is -0.266. The highest BCUT2D eigenvalue weighted by atomic mass is 16.6. The standard InChI is InChI=1S/C27H54N3O12/c1-27(2,3)42-26(31)4-6-32-8-10-34-12-14-36-16-18-38-20-22-40-24-25-41-23-21-39-19-17-37-15-13-35-11-9-33-7-5-29-30-28/h28H,4-25H2,1-3H3/q+1. The Hall–Kier alpha value is -1.62. The summed E-state index contributed by atoms with van der Waals surface area (Å²) < 4.78 is 59.2. The van der Waals surface area contributed by atoms with Crippen molar-refractivity contribution >= 4 is 5.97 Å². The fraction of sp³-hybridized carbons (Fsp3) is 0.963. The second kappa shape index (κ2) is 32.3. The van der Waals surface area contributed by atoms with Gasteiger partial charge in [-0.1, -0.05) is 0 Å². The van der Waals surface area contributed by atoms with E-state index in [1.807, 2.05) is 20.8 Å². The number of nitrogens with one attached hydrogen (secondary N) is 1. The lowest BCUT2D eigenvalue weighted by Crippen LogP contribution is -2.24. The SMILES string of the molecule is CC(C)(C)OC(=O)CCOCCOCCOCCOCCOCCOCCOCCOCCOCCOCCN=[N+]=N. The summed E-state index contributed by atoms with van der Waals surface area (Å²) >= 11 is 0. The molecule has 0 rings (SSSR count). The van der Waals surface area contributed by atoms with Crippen LogP contribution in [0.4, 0.5) is 0 Å². The number of ether oxygens (including phenoxy) is 11. The maximum atomic E-state index is 11.5. The summed E-state index contributed by atoms with van der Waals surface area (Å²) in [6, 6.07) is 0. The van der Waals surface area contributed by atoms with Gasteiger partial charge < -0.3 is 52.1 Å². The Bertz CT molecular complexity index is 634. The highest BCUT2D eigenvalue weighted by Crippen LogP contribution is 2.08. The molecule has 0 saturated heterocycles. The van der Waals surface area contributed by atoms with Gasteiger partial charge in [0.15, 0.2) is 0 Å². The van der Waals surface area contributed by atoms with Crippen molar-refractivity contribution in [3.8, 4) is 0 Å². The van der Waals surface area contributed by atoms with Crippen LogP contribution in [-0.4, -0.2) is 150 Å². The van der Waals surface area contributed by atoms with E-state index in [-0.39, 0.29) is 12.4 Å². The molecule has 0 saturated carbocycles. The van der Waals surface area contributed by atoms with Crippen molar-refractivity contribution in [3.63, 3.8) is 0 Å². The number of hydrogen-bond donors (Lipinski definition) is 1. The van der Waals surface area contributed by atoms with Gasteiger partial charge in [-0.05, 0) is 20.8 Å². The highest BCUT2D eigenvalue weighted by molar-refractivity contribution is 5.69. The molecule has 0 heterocycles. The van der Waals surface area contributed by atoms with E-state index < -0.39 is 5.60 Å². The summed E-state index contributed by atoms with van der Waals surface area (Å²) in [5.41, 5.74) is 6.03. The van der Waals surface area contributed by atoms with Crippen LogP contribution in [0, 0.1) is 5.53 Å².